The average molecular weight is 220 g/mol. The van der Waals surface area contributed by atoms with E-state index in [1.165, 1.54) is 0 Å². The molecule has 2 N–H and O–H groups in total. The van der Waals surface area contributed by atoms with Crippen molar-refractivity contribution < 1.29 is 4.79 Å². The fourth-order valence-electron chi connectivity index (χ4n) is 1.74. The number of nitrogens with two attached hydrogens (primary N) is 1. The van der Waals surface area contributed by atoms with Crippen molar-refractivity contribution in [2.45, 2.75) is 19.8 Å². The fourth-order valence-corrected chi connectivity index (χ4v) is 1.74. The molecule has 0 bridgehead atoms. The molecule has 0 aromatic heterocycles. The van der Waals surface area contributed by atoms with Gasteiger partial charge in [0.25, 0.3) is 0 Å². The molecule has 1 unspecified atom stereocenters. The lowest BCUT2D eigenvalue weighted by Crippen LogP contribution is -2.37. The van der Waals surface area contributed by atoms with Crippen molar-refractivity contribution in [3.63, 3.8) is 0 Å². The number of amides is 1. The van der Waals surface area contributed by atoms with E-state index in [0.717, 1.165) is 5.56 Å². The number of hydrogen-bond donors (Lipinski definition) is 1. The minimum absolute atomic E-state index is 0.0901. The van der Waals surface area contributed by atoms with Crippen molar-refractivity contribution in [3.05, 3.63) is 35.9 Å². The number of benzene rings is 1. The predicted octanol–water partition coefficient (Wildman–Crippen LogP) is 1.60. The summed E-state index contributed by atoms with van der Waals surface area (Å²) < 4.78 is 0. The first kappa shape index (κ1) is 12.7. The Hall–Kier alpha value is -1.35. The van der Waals surface area contributed by atoms with Crippen LogP contribution in [0.15, 0.2) is 30.3 Å². The molecule has 0 aliphatic rings. The summed E-state index contributed by atoms with van der Waals surface area (Å²) in [6, 6.07) is 9.84. The first-order valence-electron chi connectivity index (χ1n) is 5.74. The zero-order chi connectivity index (χ0) is 12.0. The van der Waals surface area contributed by atoms with E-state index in [9.17, 15) is 4.79 Å². The molecular formula is C13H20N2O. The van der Waals surface area contributed by atoms with Gasteiger partial charge < -0.3 is 10.6 Å². The summed E-state index contributed by atoms with van der Waals surface area (Å²) in [6.45, 7) is 5.78. The smallest absolute Gasteiger partial charge is 0.229 e. The average Bonchev–Trinajstić information content (AvgIpc) is 2.35. The molecule has 88 valence electrons. The summed E-state index contributed by atoms with van der Waals surface area (Å²) in [5, 5.41) is 0. The lowest BCUT2D eigenvalue weighted by molar-refractivity contribution is -0.132. The van der Waals surface area contributed by atoms with Crippen LogP contribution < -0.4 is 5.73 Å². The van der Waals surface area contributed by atoms with Gasteiger partial charge in [0.2, 0.25) is 5.91 Å². The van der Waals surface area contributed by atoms with Crippen LogP contribution in [-0.2, 0) is 4.79 Å². The van der Waals surface area contributed by atoms with Gasteiger partial charge in [-0.2, -0.15) is 0 Å². The van der Waals surface area contributed by atoms with Crippen LogP contribution in [0.3, 0.4) is 0 Å². The molecule has 1 aromatic carbocycles. The molecule has 1 atom stereocenters. The molecule has 0 radical (unpaired) electrons. The van der Waals surface area contributed by atoms with Gasteiger partial charge in [-0.1, -0.05) is 30.3 Å². The first-order chi connectivity index (χ1) is 7.70. The van der Waals surface area contributed by atoms with Gasteiger partial charge in [-0.25, -0.2) is 0 Å². The normalized spacial score (nSPS) is 12.2. The number of nitrogens with zero attached hydrogens (tertiary/aromatic N) is 1. The summed E-state index contributed by atoms with van der Waals surface area (Å²) in [6.07, 6.45) is 0. The van der Waals surface area contributed by atoms with Gasteiger partial charge in [0.1, 0.15) is 0 Å². The van der Waals surface area contributed by atoms with Crippen molar-refractivity contribution >= 4 is 5.91 Å². The van der Waals surface area contributed by atoms with E-state index in [1.54, 1.807) is 4.90 Å². The van der Waals surface area contributed by atoms with E-state index in [-0.39, 0.29) is 11.8 Å². The third-order valence-electron chi connectivity index (χ3n) is 2.76. The van der Waals surface area contributed by atoms with Crippen molar-refractivity contribution in [2.75, 3.05) is 19.6 Å². The quantitative estimate of drug-likeness (QED) is 0.819. The summed E-state index contributed by atoms with van der Waals surface area (Å²) in [5.41, 5.74) is 6.55. The molecular weight excluding hydrogens is 200 g/mol. The van der Waals surface area contributed by atoms with Crippen LogP contribution in [0.5, 0.6) is 0 Å². The maximum atomic E-state index is 12.1. The second kappa shape index (κ2) is 6.28. The molecule has 0 aliphatic heterocycles. The van der Waals surface area contributed by atoms with Crippen LogP contribution >= 0.6 is 0 Å². The Morgan fingerprint density at radius 3 is 2.50 bits per heavy atom. The highest BCUT2D eigenvalue weighted by atomic mass is 16.2. The number of rotatable bonds is 5. The minimum Gasteiger partial charge on any atom is -0.341 e. The predicted molar refractivity (Wildman–Crippen MR) is 66.2 cm³/mol. The zero-order valence-corrected chi connectivity index (χ0v) is 10.0. The van der Waals surface area contributed by atoms with Crippen LogP contribution in [0.4, 0.5) is 0 Å². The monoisotopic (exact) mass is 220 g/mol. The Labute approximate surface area is 97.2 Å². The van der Waals surface area contributed by atoms with Gasteiger partial charge >= 0.3 is 0 Å². The highest BCUT2D eigenvalue weighted by Crippen LogP contribution is 2.17. The summed E-state index contributed by atoms with van der Waals surface area (Å²) in [5.74, 6) is 0.0619. The fraction of sp³-hybridized carbons (Fsp3) is 0.462. The van der Waals surface area contributed by atoms with E-state index in [1.807, 2.05) is 44.2 Å². The highest BCUT2D eigenvalue weighted by Gasteiger charge is 2.19. The first-order valence-corrected chi connectivity index (χ1v) is 5.74. The second-order valence-electron chi connectivity index (χ2n) is 3.84. The molecule has 3 nitrogen and oxygen atoms in total. The molecule has 1 rings (SSSR count). The van der Waals surface area contributed by atoms with E-state index >= 15 is 0 Å². The molecule has 0 aliphatic carbocycles. The van der Waals surface area contributed by atoms with Gasteiger partial charge in [0.05, 0.1) is 5.92 Å². The van der Waals surface area contributed by atoms with Gasteiger partial charge in [0.15, 0.2) is 0 Å². The van der Waals surface area contributed by atoms with Crippen molar-refractivity contribution in [3.8, 4) is 0 Å². The number of carbonyl (C=O) groups excluding carboxylic acids is 1. The topological polar surface area (TPSA) is 46.3 Å². The maximum absolute atomic E-state index is 12.1. The van der Waals surface area contributed by atoms with E-state index in [0.29, 0.717) is 19.6 Å². The molecule has 0 saturated carbocycles. The molecule has 1 amide bonds. The second-order valence-corrected chi connectivity index (χ2v) is 3.84. The molecule has 1 aromatic rings. The molecule has 3 heteroatoms. The zero-order valence-electron chi connectivity index (χ0n) is 10.0. The number of carbonyl (C=O) groups is 1. The standard InChI is InChI=1S/C13H20N2O/c1-3-15(10-9-14)13(16)11(2)12-7-5-4-6-8-12/h4-8,11H,3,9-10,14H2,1-2H3. The summed E-state index contributed by atoms with van der Waals surface area (Å²) in [4.78, 5) is 13.9. The third-order valence-corrected chi connectivity index (χ3v) is 2.76. The number of hydrogen-bond acceptors (Lipinski definition) is 2. The number of likely N-dealkylation sites (N-methyl/N-ethyl adjacent to an activating group) is 1. The van der Waals surface area contributed by atoms with Crippen LogP contribution in [0, 0.1) is 0 Å². The van der Waals surface area contributed by atoms with E-state index in [4.69, 9.17) is 5.73 Å². The molecule has 16 heavy (non-hydrogen) atoms. The summed E-state index contributed by atoms with van der Waals surface area (Å²) >= 11 is 0. The minimum atomic E-state index is -0.0901. The van der Waals surface area contributed by atoms with Gasteiger partial charge in [-0.15, -0.1) is 0 Å². The Balaban J connectivity index is 2.73. The lowest BCUT2D eigenvalue weighted by Gasteiger charge is -2.24. The Kier molecular flexibility index (Phi) is 4.99. The van der Waals surface area contributed by atoms with Crippen LogP contribution in [-0.4, -0.2) is 30.4 Å². The van der Waals surface area contributed by atoms with Crippen LogP contribution in [0.1, 0.15) is 25.3 Å². The highest BCUT2D eigenvalue weighted by molar-refractivity contribution is 5.83. The van der Waals surface area contributed by atoms with E-state index in [2.05, 4.69) is 0 Å². The molecule has 0 heterocycles. The molecule has 0 spiro atoms. The third kappa shape index (κ3) is 3.07. The van der Waals surface area contributed by atoms with Gasteiger partial charge in [-0.3, -0.25) is 4.79 Å². The van der Waals surface area contributed by atoms with Crippen LogP contribution in [0.25, 0.3) is 0 Å². The van der Waals surface area contributed by atoms with Gasteiger partial charge in [0, 0.05) is 19.6 Å². The maximum Gasteiger partial charge on any atom is 0.229 e. The molecule has 0 saturated heterocycles. The summed E-state index contributed by atoms with van der Waals surface area (Å²) in [7, 11) is 0. The molecule has 0 fully saturated rings. The Morgan fingerprint density at radius 2 is 2.00 bits per heavy atom. The van der Waals surface area contributed by atoms with Crippen molar-refractivity contribution in [1.29, 1.82) is 0 Å². The largest absolute Gasteiger partial charge is 0.341 e. The lowest BCUT2D eigenvalue weighted by atomic mass is 10.00. The van der Waals surface area contributed by atoms with E-state index < -0.39 is 0 Å². The van der Waals surface area contributed by atoms with Crippen LogP contribution in [0.2, 0.25) is 0 Å². The van der Waals surface area contributed by atoms with Gasteiger partial charge in [-0.05, 0) is 19.4 Å². The van der Waals surface area contributed by atoms with Crippen molar-refractivity contribution in [2.24, 2.45) is 5.73 Å². The Morgan fingerprint density at radius 1 is 1.38 bits per heavy atom. The Bertz CT molecular complexity index is 324. The SMILES string of the molecule is CCN(CCN)C(=O)C(C)c1ccccc1. The van der Waals surface area contributed by atoms with Crippen molar-refractivity contribution in [1.82, 2.24) is 4.90 Å².